The van der Waals surface area contributed by atoms with Gasteiger partial charge in [0, 0.05) is 27.7 Å². The Morgan fingerprint density at radius 3 is 2.45 bits per heavy atom. The van der Waals surface area contributed by atoms with Gasteiger partial charge < -0.3 is 10.1 Å². The molecular weight excluding hydrogens is 477 g/mol. The molecular formula is C26H30BrClFNO. The topological polar surface area (TPSA) is 21.3 Å². The first-order chi connectivity index (χ1) is 14.6. The van der Waals surface area contributed by atoms with E-state index in [1.807, 2.05) is 12.1 Å². The highest BCUT2D eigenvalue weighted by Crippen LogP contribution is 2.66. The number of ether oxygens (including phenoxy) is 1. The molecule has 4 fully saturated rings. The Labute approximate surface area is 198 Å². The lowest BCUT2D eigenvalue weighted by molar-refractivity contribution is -0.118. The van der Waals surface area contributed by atoms with Crippen molar-refractivity contribution in [2.75, 3.05) is 0 Å². The molecule has 6 rings (SSSR count). The summed E-state index contributed by atoms with van der Waals surface area (Å²) < 4.78 is 20.5. The van der Waals surface area contributed by atoms with E-state index in [0.29, 0.717) is 22.5 Å². The van der Waals surface area contributed by atoms with Gasteiger partial charge in [-0.3, -0.25) is 0 Å². The van der Waals surface area contributed by atoms with Crippen LogP contribution in [0.1, 0.15) is 63.5 Å². The zero-order valence-electron chi connectivity index (χ0n) is 18.2. The number of hydrogen-bond acceptors (Lipinski definition) is 2. The number of nitrogens with one attached hydrogen (secondary N) is 1. The van der Waals surface area contributed by atoms with E-state index in [4.69, 9.17) is 16.3 Å². The average molecular weight is 507 g/mol. The van der Waals surface area contributed by atoms with Crippen molar-refractivity contribution in [1.29, 1.82) is 0 Å². The highest BCUT2D eigenvalue weighted by Gasteiger charge is 2.59. The molecule has 4 bridgehead atoms. The maximum absolute atomic E-state index is 13.3. The average Bonchev–Trinajstić information content (AvgIpc) is 2.64. The SMILES string of the molecule is C[C@]12CC3CC(NCc4cc(Br)ccc4OCc4ccc(F)cc4Cl)(C1)C[C@@](C)(C3)C2. The smallest absolute Gasteiger partial charge is 0.124 e. The Kier molecular flexibility index (Phi) is 5.43. The Hall–Kier alpha value is -1.10. The van der Waals surface area contributed by atoms with Crippen LogP contribution >= 0.6 is 27.5 Å². The summed E-state index contributed by atoms with van der Waals surface area (Å²) in [5, 5.41) is 4.40. The Bertz CT molecular complexity index is 993. The van der Waals surface area contributed by atoms with Crippen LogP contribution in [-0.2, 0) is 13.2 Å². The Morgan fingerprint density at radius 1 is 1.03 bits per heavy atom. The van der Waals surface area contributed by atoms with Gasteiger partial charge in [0.25, 0.3) is 0 Å². The molecule has 2 nitrogen and oxygen atoms in total. The fraction of sp³-hybridized carbons (Fsp3) is 0.538. The Balaban J connectivity index is 1.32. The molecule has 0 aromatic heterocycles. The molecule has 0 amide bonds. The molecule has 4 atom stereocenters. The van der Waals surface area contributed by atoms with E-state index < -0.39 is 0 Å². The van der Waals surface area contributed by atoms with Gasteiger partial charge in [0.1, 0.15) is 18.2 Å². The van der Waals surface area contributed by atoms with Crippen molar-refractivity contribution < 1.29 is 9.13 Å². The van der Waals surface area contributed by atoms with Gasteiger partial charge in [-0.2, -0.15) is 0 Å². The second-order valence-corrected chi connectivity index (χ2v) is 12.4. The molecule has 4 saturated carbocycles. The van der Waals surface area contributed by atoms with Gasteiger partial charge in [-0.05, 0) is 85.6 Å². The summed E-state index contributed by atoms with van der Waals surface area (Å²) in [4.78, 5) is 0. The standard InChI is InChI=1S/C26H30BrClFNO/c1-24-9-17-10-25(2,14-24)16-26(11-17,15-24)30-12-19-7-20(27)4-6-23(19)31-13-18-3-5-21(29)8-22(18)28/h3-8,17,30H,9-16H2,1-2H3/t17?,24-,25+,26?. The molecule has 0 radical (unpaired) electrons. The van der Waals surface area contributed by atoms with Crippen LogP contribution in [0.25, 0.3) is 0 Å². The van der Waals surface area contributed by atoms with E-state index in [2.05, 4.69) is 41.2 Å². The van der Waals surface area contributed by atoms with Crippen molar-refractivity contribution >= 4 is 27.5 Å². The molecule has 5 heteroatoms. The summed E-state index contributed by atoms with van der Waals surface area (Å²) in [5.41, 5.74) is 3.13. The largest absolute Gasteiger partial charge is 0.489 e. The number of halogens is 3. The highest BCUT2D eigenvalue weighted by atomic mass is 79.9. The van der Waals surface area contributed by atoms with Gasteiger partial charge in [-0.25, -0.2) is 4.39 Å². The van der Waals surface area contributed by atoms with Crippen molar-refractivity contribution in [2.45, 2.75) is 71.1 Å². The first kappa shape index (κ1) is 21.7. The van der Waals surface area contributed by atoms with Crippen molar-refractivity contribution in [1.82, 2.24) is 5.32 Å². The maximum Gasteiger partial charge on any atom is 0.124 e. The van der Waals surface area contributed by atoms with Crippen LogP contribution in [0.2, 0.25) is 5.02 Å². The predicted molar refractivity (Wildman–Crippen MR) is 127 cm³/mol. The van der Waals surface area contributed by atoms with Crippen molar-refractivity contribution in [3.63, 3.8) is 0 Å². The quantitative estimate of drug-likeness (QED) is 0.434. The molecule has 4 aliphatic carbocycles. The fourth-order valence-corrected chi connectivity index (χ4v) is 8.18. The molecule has 166 valence electrons. The number of benzene rings is 2. The van der Waals surface area contributed by atoms with Crippen LogP contribution in [0.15, 0.2) is 40.9 Å². The minimum Gasteiger partial charge on any atom is -0.489 e. The minimum absolute atomic E-state index is 0.239. The van der Waals surface area contributed by atoms with E-state index in [-0.39, 0.29) is 11.4 Å². The molecule has 2 aromatic carbocycles. The monoisotopic (exact) mass is 505 g/mol. The number of hydrogen-bond donors (Lipinski definition) is 1. The third-order valence-corrected chi connectivity index (χ3v) is 8.55. The van der Waals surface area contributed by atoms with E-state index in [1.54, 1.807) is 6.07 Å². The summed E-state index contributed by atoms with van der Waals surface area (Å²) >= 11 is 9.80. The van der Waals surface area contributed by atoms with Crippen LogP contribution in [0.4, 0.5) is 4.39 Å². The molecule has 1 N–H and O–H groups in total. The molecule has 0 saturated heterocycles. The minimum atomic E-state index is -0.333. The Morgan fingerprint density at radius 2 is 1.77 bits per heavy atom. The molecule has 0 heterocycles. The first-order valence-corrected chi connectivity index (χ1v) is 12.4. The second-order valence-electron chi connectivity index (χ2n) is 11.0. The molecule has 0 spiro atoms. The zero-order valence-corrected chi connectivity index (χ0v) is 20.6. The van der Waals surface area contributed by atoms with Gasteiger partial charge in [-0.1, -0.05) is 47.4 Å². The van der Waals surface area contributed by atoms with E-state index >= 15 is 0 Å². The summed E-state index contributed by atoms with van der Waals surface area (Å²) in [6.07, 6.45) is 8.03. The van der Waals surface area contributed by atoms with Crippen molar-refractivity contribution in [3.05, 3.63) is 62.8 Å². The van der Waals surface area contributed by atoms with Crippen LogP contribution in [0, 0.1) is 22.6 Å². The lowest BCUT2D eigenvalue weighted by Crippen LogP contribution is -2.63. The molecule has 4 aliphatic rings. The summed E-state index contributed by atoms with van der Waals surface area (Å²) in [5.74, 6) is 1.37. The first-order valence-electron chi connectivity index (χ1n) is 11.3. The summed E-state index contributed by atoms with van der Waals surface area (Å²) in [6, 6.07) is 10.6. The zero-order chi connectivity index (χ0) is 21.9. The lowest BCUT2D eigenvalue weighted by Gasteiger charge is -2.65. The molecule has 2 unspecified atom stereocenters. The molecule has 0 aliphatic heterocycles. The summed E-state index contributed by atoms with van der Waals surface area (Å²) in [6.45, 7) is 6.11. The van der Waals surface area contributed by atoms with Gasteiger partial charge in [0.05, 0.1) is 5.02 Å². The van der Waals surface area contributed by atoms with Gasteiger partial charge >= 0.3 is 0 Å². The van der Waals surface area contributed by atoms with Crippen LogP contribution in [-0.4, -0.2) is 5.54 Å². The number of rotatable bonds is 6. The molecule has 31 heavy (non-hydrogen) atoms. The summed E-state index contributed by atoms with van der Waals surface area (Å²) in [7, 11) is 0. The molecule has 2 aromatic rings. The van der Waals surface area contributed by atoms with Crippen LogP contribution in [0.3, 0.4) is 0 Å². The lowest BCUT2D eigenvalue weighted by atomic mass is 9.43. The fourth-order valence-electron chi connectivity index (χ4n) is 7.55. The van der Waals surface area contributed by atoms with E-state index in [0.717, 1.165) is 33.8 Å². The van der Waals surface area contributed by atoms with E-state index in [1.165, 1.54) is 50.7 Å². The second kappa shape index (κ2) is 7.74. The van der Waals surface area contributed by atoms with Gasteiger partial charge in [-0.15, -0.1) is 0 Å². The predicted octanol–water partition coefficient (Wildman–Crippen LogP) is 7.66. The van der Waals surface area contributed by atoms with Crippen LogP contribution < -0.4 is 10.1 Å². The van der Waals surface area contributed by atoms with E-state index in [9.17, 15) is 4.39 Å². The van der Waals surface area contributed by atoms with Gasteiger partial charge in [0.15, 0.2) is 0 Å². The van der Waals surface area contributed by atoms with Gasteiger partial charge in [0.2, 0.25) is 0 Å². The third kappa shape index (κ3) is 4.41. The van der Waals surface area contributed by atoms with Crippen molar-refractivity contribution in [2.24, 2.45) is 16.7 Å². The highest BCUT2D eigenvalue weighted by molar-refractivity contribution is 9.10. The maximum atomic E-state index is 13.3. The van der Waals surface area contributed by atoms with Crippen molar-refractivity contribution in [3.8, 4) is 5.75 Å². The third-order valence-electron chi connectivity index (χ3n) is 7.70. The van der Waals surface area contributed by atoms with Crippen LogP contribution in [0.5, 0.6) is 5.75 Å². The normalized spacial score (nSPS) is 33.6.